The molecule has 0 spiro atoms. The smallest absolute Gasteiger partial charge is 0.410 e. The van der Waals surface area contributed by atoms with Crippen LogP contribution in [0.1, 0.15) is 33.1 Å². The Kier molecular flexibility index (Phi) is 4.42. The fourth-order valence-corrected chi connectivity index (χ4v) is 5.57. The number of hydrogen-bond donors (Lipinski definition) is 0. The van der Waals surface area contributed by atoms with Crippen LogP contribution in [0.25, 0.3) is 0 Å². The minimum atomic E-state index is -0.131. The molecule has 5 rings (SSSR count). The van der Waals surface area contributed by atoms with Crippen LogP contribution in [0.4, 0.5) is 4.79 Å². The number of carbonyl (C=O) groups excluding carboxylic acids is 2. The van der Waals surface area contributed by atoms with Crippen LogP contribution in [-0.2, 0) is 9.53 Å². The molecule has 0 aromatic rings. The van der Waals surface area contributed by atoms with Crippen LogP contribution < -0.4 is 0 Å². The molecule has 2 saturated carbocycles. The predicted octanol–water partition coefficient (Wildman–Crippen LogP) is 1.65. The average molecular weight is 349 g/mol. The molecular weight excluding hydrogens is 318 g/mol. The maximum Gasteiger partial charge on any atom is 0.410 e. The highest BCUT2D eigenvalue weighted by atomic mass is 16.6. The molecule has 2 aliphatic carbocycles. The van der Waals surface area contributed by atoms with E-state index in [0.29, 0.717) is 42.4 Å². The summed E-state index contributed by atoms with van der Waals surface area (Å²) in [4.78, 5) is 31.0. The lowest BCUT2D eigenvalue weighted by atomic mass is 9.75. The number of nitrogens with zero attached hydrogens (tertiary/aromatic N) is 3. The highest BCUT2D eigenvalue weighted by Gasteiger charge is 2.61. The van der Waals surface area contributed by atoms with Gasteiger partial charge in [0.1, 0.15) is 0 Å². The minimum absolute atomic E-state index is 0.131. The molecule has 6 nitrogen and oxygen atoms in total. The number of likely N-dealkylation sites (tertiary alicyclic amines) is 1. The van der Waals surface area contributed by atoms with Gasteiger partial charge in [0.05, 0.1) is 6.61 Å². The van der Waals surface area contributed by atoms with Crippen molar-refractivity contribution in [2.45, 2.75) is 45.2 Å². The summed E-state index contributed by atoms with van der Waals surface area (Å²) in [5.74, 6) is 2.33. The summed E-state index contributed by atoms with van der Waals surface area (Å²) >= 11 is 0. The van der Waals surface area contributed by atoms with Gasteiger partial charge in [-0.3, -0.25) is 9.69 Å². The van der Waals surface area contributed by atoms with Crippen molar-refractivity contribution in [1.29, 1.82) is 0 Å². The molecule has 6 heteroatoms. The highest BCUT2D eigenvalue weighted by molar-refractivity contribution is 5.82. The van der Waals surface area contributed by atoms with E-state index in [-0.39, 0.29) is 12.0 Å². The summed E-state index contributed by atoms with van der Waals surface area (Å²) in [7, 11) is 1.91. The first-order valence-corrected chi connectivity index (χ1v) is 9.97. The van der Waals surface area contributed by atoms with Gasteiger partial charge in [-0.05, 0) is 50.9 Å². The topological polar surface area (TPSA) is 53.1 Å². The van der Waals surface area contributed by atoms with Crippen molar-refractivity contribution in [1.82, 2.24) is 14.7 Å². The summed E-state index contributed by atoms with van der Waals surface area (Å²) < 4.78 is 5.22. The van der Waals surface area contributed by atoms with Gasteiger partial charge >= 0.3 is 6.09 Å². The number of fused-ring (bicyclic) bond motifs is 4. The van der Waals surface area contributed by atoms with Crippen molar-refractivity contribution in [3.8, 4) is 0 Å². The molecule has 1 unspecified atom stereocenters. The quantitative estimate of drug-likeness (QED) is 0.774. The predicted molar refractivity (Wildman–Crippen MR) is 94.0 cm³/mol. The van der Waals surface area contributed by atoms with Crippen LogP contribution in [0.2, 0.25) is 0 Å². The first kappa shape index (κ1) is 17.1. The third kappa shape index (κ3) is 2.82. The lowest BCUT2D eigenvalue weighted by Gasteiger charge is -2.51. The second-order valence-corrected chi connectivity index (χ2v) is 8.31. The van der Waals surface area contributed by atoms with Gasteiger partial charge in [0.15, 0.2) is 0 Å². The summed E-state index contributed by atoms with van der Waals surface area (Å²) in [6.45, 7) is 8.16. The number of rotatable bonds is 4. The lowest BCUT2D eigenvalue weighted by Crippen LogP contribution is -2.60. The van der Waals surface area contributed by atoms with Gasteiger partial charge in [0, 0.05) is 51.2 Å². The summed E-state index contributed by atoms with van der Waals surface area (Å²) in [6, 6.07) is 0.937. The molecule has 5 aliphatic rings. The molecule has 3 saturated heterocycles. The molecule has 140 valence electrons. The first-order valence-electron chi connectivity index (χ1n) is 9.97. The van der Waals surface area contributed by atoms with Crippen LogP contribution in [0.5, 0.6) is 0 Å². The van der Waals surface area contributed by atoms with E-state index in [1.54, 1.807) is 0 Å². The third-order valence-electron chi connectivity index (χ3n) is 7.13. The number of carbonyl (C=O) groups is 2. The van der Waals surface area contributed by atoms with E-state index in [2.05, 4.69) is 4.90 Å². The van der Waals surface area contributed by atoms with Gasteiger partial charge in [0.2, 0.25) is 5.91 Å². The molecule has 3 aliphatic heterocycles. The molecule has 0 N–H and O–H groups in total. The van der Waals surface area contributed by atoms with E-state index in [4.69, 9.17) is 4.74 Å². The van der Waals surface area contributed by atoms with E-state index in [1.807, 2.05) is 30.7 Å². The maximum atomic E-state index is 12.4. The van der Waals surface area contributed by atoms with Gasteiger partial charge in [-0.15, -0.1) is 0 Å². The van der Waals surface area contributed by atoms with Crippen LogP contribution in [0.3, 0.4) is 0 Å². The lowest BCUT2D eigenvalue weighted by molar-refractivity contribution is -0.132. The Labute approximate surface area is 150 Å². The van der Waals surface area contributed by atoms with E-state index >= 15 is 0 Å². The molecular formula is C19H31N3O3. The molecule has 6 atom stereocenters. The fourth-order valence-electron chi connectivity index (χ4n) is 5.57. The zero-order valence-electron chi connectivity index (χ0n) is 15.7. The summed E-state index contributed by atoms with van der Waals surface area (Å²) in [6.07, 6.45) is 3.28. The molecule has 5 fully saturated rings. The highest BCUT2D eigenvalue weighted by Crippen LogP contribution is 2.54. The van der Waals surface area contributed by atoms with Crippen LogP contribution in [0, 0.1) is 23.7 Å². The standard InChI is InChI=1S/C19H31N3O3/c1-4-20(3)18(23)17-14-10-21(11-15(14)17)16-8-13-7-6-12(16)9-22(13)19(24)25-5-2/h12-17H,4-11H2,1-3H3/t12-,13-,14-,15+,16?,17+/m1/s1. The van der Waals surface area contributed by atoms with Crippen LogP contribution >= 0.6 is 0 Å². The van der Waals surface area contributed by atoms with Gasteiger partial charge in [-0.1, -0.05) is 0 Å². The zero-order chi connectivity index (χ0) is 17.7. The number of amides is 2. The van der Waals surface area contributed by atoms with Gasteiger partial charge in [0.25, 0.3) is 0 Å². The third-order valence-corrected chi connectivity index (χ3v) is 7.13. The second-order valence-electron chi connectivity index (χ2n) is 8.31. The number of piperidine rings is 3. The van der Waals surface area contributed by atoms with Crippen molar-refractivity contribution in [3.05, 3.63) is 0 Å². The maximum absolute atomic E-state index is 12.4. The van der Waals surface area contributed by atoms with Crippen LogP contribution in [0.15, 0.2) is 0 Å². The number of ether oxygens (including phenoxy) is 1. The molecule has 25 heavy (non-hydrogen) atoms. The molecule has 0 aromatic heterocycles. The Morgan fingerprint density at radius 1 is 1.12 bits per heavy atom. The Balaban J connectivity index is 1.33. The Bertz CT molecular complexity index is 542. The Morgan fingerprint density at radius 3 is 2.40 bits per heavy atom. The van der Waals surface area contributed by atoms with Gasteiger partial charge in [-0.2, -0.15) is 0 Å². The van der Waals surface area contributed by atoms with Gasteiger partial charge < -0.3 is 14.5 Å². The molecule has 3 heterocycles. The monoisotopic (exact) mass is 349 g/mol. The fraction of sp³-hybridized carbons (Fsp3) is 0.895. The summed E-state index contributed by atoms with van der Waals surface area (Å²) in [5.41, 5.74) is 0. The zero-order valence-corrected chi connectivity index (χ0v) is 15.7. The summed E-state index contributed by atoms with van der Waals surface area (Å²) in [5, 5.41) is 0. The van der Waals surface area contributed by atoms with Crippen molar-refractivity contribution in [3.63, 3.8) is 0 Å². The minimum Gasteiger partial charge on any atom is -0.450 e. The van der Waals surface area contributed by atoms with Crippen LogP contribution in [-0.4, -0.2) is 78.6 Å². The molecule has 0 aromatic carbocycles. The van der Waals surface area contributed by atoms with E-state index in [9.17, 15) is 9.59 Å². The Hall–Kier alpha value is -1.30. The van der Waals surface area contributed by atoms with E-state index < -0.39 is 0 Å². The van der Waals surface area contributed by atoms with E-state index in [1.165, 1.54) is 6.42 Å². The SMILES string of the molecule is CCOC(=O)N1C[C@H]2CC[C@@H]1CC2N1C[C@@H]2[C@H](C1)[C@H]2C(=O)N(C)CC. The largest absolute Gasteiger partial charge is 0.450 e. The van der Waals surface area contributed by atoms with Crippen molar-refractivity contribution in [2.75, 3.05) is 39.8 Å². The van der Waals surface area contributed by atoms with Crippen molar-refractivity contribution < 1.29 is 14.3 Å². The average Bonchev–Trinajstić information content (AvgIpc) is 3.13. The molecule has 2 bridgehead atoms. The first-order chi connectivity index (χ1) is 12.0. The normalized spacial score (nSPS) is 39.2. The molecule has 0 radical (unpaired) electrons. The van der Waals surface area contributed by atoms with Crippen molar-refractivity contribution >= 4 is 12.0 Å². The number of hydrogen-bond acceptors (Lipinski definition) is 4. The Morgan fingerprint density at radius 2 is 1.84 bits per heavy atom. The van der Waals surface area contributed by atoms with E-state index in [0.717, 1.165) is 39.0 Å². The second kappa shape index (κ2) is 6.45. The van der Waals surface area contributed by atoms with Gasteiger partial charge in [-0.25, -0.2) is 4.79 Å². The van der Waals surface area contributed by atoms with Crippen molar-refractivity contribution in [2.24, 2.45) is 23.7 Å². The molecule has 2 amide bonds.